The molecule has 3 rings (SSSR count). The molecule has 3 aromatic rings. The third kappa shape index (κ3) is 3.91. The van der Waals surface area contributed by atoms with E-state index in [1.165, 1.54) is 11.3 Å². The van der Waals surface area contributed by atoms with Crippen molar-refractivity contribution < 1.29 is 4.79 Å². The summed E-state index contributed by atoms with van der Waals surface area (Å²) in [5.74, 6) is -0.0714. The minimum atomic E-state index is -0.0714. The highest BCUT2D eigenvalue weighted by molar-refractivity contribution is 7.15. The van der Waals surface area contributed by atoms with E-state index in [0.717, 1.165) is 10.6 Å². The molecule has 0 fully saturated rings. The van der Waals surface area contributed by atoms with Crippen molar-refractivity contribution in [3.05, 3.63) is 80.2 Å². The van der Waals surface area contributed by atoms with E-state index in [4.69, 9.17) is 23.2 Å². The zero-order chi connectivity index (χ0) is 16.2. The van der Waals surface area contributed by atoms with Crippen LogP contribution in [0.25, 0.3) is 0 Å². The van der Waals surface area contributed by atoms with Crippen molar-refractivity contribution in [3.63, 3.8) is 0 Å². The fourth-order valence-electron chi connectivity index (χ4n) is 2.15. The summed E-state index contributed by atoms with van der Waals surface area (Å²) in [7, 11) is 0. The van der Waals surface area contributed by atoms with E-state index in [1.54, 1.807) is 36.5 Å². The van der Waals surface area contributed by atoms with Crippen LogP contribution in [0, 0.1) is 0 Å². The number of hydrogen-bond acceptors (Lipinski definition) is 4. The second-order valence-electron chi connectivity index (χ2n) is 4.82. The van der Waals surface area contributed by atoms with E-state index in [0.29, 0.717) is 27.2 Å². The second-order valence-corrected chi connectivity index (χ2v) is 6.95. The van der Waals surface area contributed by atoms with E-state index in [1.807, 2.05) is 18.2 Å². The molecule has 0 spiro atoms. The summed E-state index contributed by atoms with van der Waals surface area (Å²) in [6, 6.07) is 14.4. The van der Waals surface area contributed by atoms with Gasteiger partial charge in [-0.2, -0.15) is 0 Å². The molecule has 1 aromatic heterocycles. The van der Waals surface area contributed by atoms with Crippen molar-refractivity contribution in [3.8, 4) is 0 Å². The van der Waals surface area contributed by atoms with Gasteiger partial charge in [-0.3, -0.25) is 4.79 Å². The van der Waals surface area contributed by atoms with Gasteiger partial charge >= 0.3 is 0 Å². The van der Waals surface area contributed by atoms with Crippen molar-refractivity contribution in [1.82, 2.24) is 4.98 Å². The molecule has 0 unspecified atom stereocenters. The minimum absolute atomic E-state index is 0.0714. The number of carbonyl (C=O) groups excluding carboxylic acids is 1. The third-order valence-corrected chi connectivity index (χ3v) is 4.59. The van der Waals surface area contributed by atoms with E-state index in [-0.39, 0.29) is 5.78 Å². The summed E-state index contributed by atoms with van der Waals surface area (Å²) in [5, 5.41) is 3.78. The molecule has 1 heterocycles. The molecule has 1 N–H and O–H groups in total. The summed E-state index contributed by atoms with van der Waals surface area (Å²) >= 11 is 13.3. The van der Waals surface area contributed by atoms with Gasteiger partial charge in [-0.25, -0.2) is 4.98 Å². The van der Waals surface area contributed by atoms with E-state index >= 15 is 0 Å². The predicted octanol–water partition coefficient (Wildman–Crippen LogP) is 5.29. The number of nitrogens with zero attached hydrogens (tertiary/aromatic N) is 1. The number of thiazole rings is 1. The lowest BCUT2D eigenvalue weighted by Gasteiger charge is -2.11. The zero-order valence-electron chi connectivity index (χ0n) is 11.9. The summed E-state index contributed by atoms with van der Waals surface area (Å²) in [6.07, 6.45) is 1.72. The summed E-state index contributed by atoms with van der Waals surface area (Å²) in [4.78, 5) is 17.7. The van der Waals surface area contributed by atoms with Gasteiger partial charge in [-0.1, -0.05) is 53.5 Å². The van der Waals surface area contributed by atoms with Crippen LogP contribution in [-0.2, 0) is 6.54 Å². The number of halogens is 2. The van der Waals surface area contributed by atoms with Gasteiger partial charge in [-0.05, 0) is 18.2 Å². The van der Waals surface area contributed by atoms with Crippen LogP contribution in [0.15, 0.2) is 54.7 Å². The van der Waals surface area contributed by atoms with Crippen LogP contribution in [0.2, 0.25) is 9.49 Å². The molecule has 3 nitrogen and oxygen atoms in total. The molecular weight excluding hydrogens is 351 g/mol. The lowest BCUT2D eigenvalue weighted by molar-refractivity contribution is 0.103. The Bertz CT molecular complexity index is 834. The van der Waals surface area contributed by atoms with Crippen LogP contribution in [-0.4, -0.2) is 10.8 Å². The maximum atomic E-state index is 12.7. The Hall–Kier alpha value is -1.88. The molecule has 0 radical (unpaired) electrons. The highest BCUT2D eigenvalue weighted by Gasteiger charge is 2.14. The molecule has 23 heavy (non-hydrogen) atoms. The van der Waals surface area contributed by atoms with Gasteiger partial charge in [0.15, 0.2) is 10.3 Å². The second kappa shape index (κ2) is 7.13. The van der Waals surface area contributed by atoms with Crippen LogP contribution in [0.1, 0.15) is 20.8 Å². The van der Waals surface area contributed by atoms with E-state index in [9.17, 15) is 4.79 Å². The van der Waals surface area contributed by atoms with Crippen LogP contribution in [0.3, 0.4) is 0 Å². The molecule has 0 amide bonds. The van der Waals surface area contributed by atoms with Gasteiger partial charge in [0.1, 0.15) is 0 Å². The van der Waals surface area contributed by atoms with Gasteiger partial charge in [0.2, 0.25) is 0 Å². The first-order chi connectivity index (χ1) is 11.1. The summed E-state index contributed by atoms with van der Waals surface area (Å²) in [6.45, 7) is 0.543. The maximum Gasteiger partial charge on any atom is 0.195 e. The first kappa shape index (κ1) is 16.0. The van der Waals surface area contributed by atoms with Gasteiger partial charge in [0.05, 0.1) is 6.54 Å². The molecule has 0 atom stereocenters. The quantitative estimate of drug-likeness (QED) is 0.626. The van der Waals surface area contributed by atoms with Crippen molar-refractivity contribution in [2.75, 3.05) is 5.32 Å². The molecule has 0 saturated carbocycles. The molecular formula is C17H12Cl2N2OS. The Balaban J connectivity index is 1.87. The molecule has 2 aromatic carbocycles. The molecule has 0 saturated heterocycles. The number of rotatable bonds is 5. The molecule has 0 bridgehead atoms. The van der Waals surface area contributed by atoms with Crippen molar-refractivity contribution in [2.45, 2.75) is 6.54 Å². The number of carbonyl (C=O) groups is 1. The van der Waals surface area contributed by atoms with Crippen LogP contribution >= 0.6 is 34.5 Å². The highest BCUT2D eigenvalue weighted by atomic mass is 35.5. The largest absolute Gasteiger partial charge is 0.379 e. The Morgan fingerprint density at radius 3 is 2.61 bits per heavy atom. The number of nitrogens with one attached hydrogen (secondary N) is 1. The predicted molar refractivity (Wildman–Crippen MR) is 95.8 cm³/mol. The minimum Gasteiger partial charge on any atom is -0.379 e. The van der Waals surface area contributed by atoms with E-state index < -0.39 is 0 Å². The molecule has 6 heteroatoms. The molecule has 0 aliphatic heterocycles. The Kier molecular flexibility index (Phi) is 4.96. The fraction of sp³-hybridized carbons (Fsp3) is 0.0588. The average molecular weight is 363 g/mol. The third-order valence-electron chi connectivity index (χ3n) is 3.24. The average Bonchev–Trinajstić information content (AvgIpc) is 2.99. The number of aromatic nitrogens is 1. The van der Waals surface area contributed by atoms with Gasteiger partial charge in [0, 0.05) is 32.9 Å². The van der Waals surface area contributed by atoms with E-state index in [2.05, 4.69) is 10.3 Å². The molecule has 0 aliphatic rings. The monoisotopic (exact) mass is 362 g/mol. The highest BCUT2D eigenvalue weighted by Crippen LogP contribution is 2.25. The smallest absolute Gasteiger partial charge is 0.195 e. The SMILES string of the molecule is O=C(c1ccccc1)c1cc(Cl)ccc1NCc1cnc(Cl)s1. The van der Waals surface area contributed by atoms with Gasteiger partial charge in [-0.15, -0.1) is 11.3 Å². The fourth-order valence-corrected chi connectivity index (χ4v) is 3.24. The molecule has 0 aliphatic carbocycles. The summed E-state index contributed by atoms with van der Waals surface area (Å²) in [5.41, 5.74) is 1.89. The number of benzene rings is 2. The Morgan fingerprint density at radius 1 is 1.13 bits per heavy atom. The first-order valence-corrected chi connectivity index (χ1v) is 8.44. The normalized spacial score (nSPS) is 10.5. The lowest BCUT2D eigenvalue weighted by Crippen LogP contribution is -2.07. The number of hydrogen-bond donors (Lipinski definition) is 1. The van der Waals surface area contributed by atoms with Crippen LogP contribution in [0.4, 0.5) is 5.69 Å². The van der Waals surface area contributed by atoms with Crippen LogP contribution < -0.4 is 5.32 Å². The number of ketones is 1. The van der Waals surface area contributed by atoms with Crippen molar-refractivity contribution in [1.29, 1.82) is 0 Å². The van der Waals surface area contributed by atoms with Gasteiger partial charge in [0.25, 0.3) is 0 Å². The lowest BCUT2D eigenvalue weighted by atomic mass is 10.0. The first-order valence-electron chi connectivity index (χ1n) is 6.87. The Morgan fingerprint density at radius 2 is 1.91 bits per heavy atom. The molecule has 116 valence electrons. The van der Waals surface area contributed by atoms with Crippen LogP contribution in [0.5, 0.6) is 0 Å². The number of anilines is 1. The topological polar surface area (TPSA) is 42.0 Å². The zero-order valence-corrected chi connectivity index (χ0v) is 14.3. The van der Waals surface area contributed by atoms with Crippen molar-refractivity contribution in [2.24, 2.45) is 0 Å². The van der Waals surface area contributed by atoms with Gasteiger partial charge < -0.3 is 5.32 Å². The Labute approximate surface area is 147 Å². The standard InChI is InChI=1S/C17H12Cl2N2OS/c18-12-6-7-15(20-9-13-10-21-17(19)23-13)14(8-12)16(22)11-4-2-1-3-5-11/h1-8,10,20H,9H2. The maximum absolute atomic E-state index is 12.7. The summed E-state index contributed by atoms with van der Waals surface area (Å²) < 4.78 is 0.499. The van der Waals surface area contributed by atoms with Crippen molar-refractivity contribution >= 4 is 46.0 Å².